The van der Waals surface area contributed by atoms with Gasteiger partial charge in [0.2, 0.25) is 10.0 Å². The molecule has 1 atom stereocenters. The molecular formula is C12H24BrNO2S. The summed E-state index contributed by atoms with van der Waals surface area (Å²) in [4.78, 5) is 0. The minimum atomic E-state index is -3.12. The molecule has 1 aliphatic rings. The number of alkyl halides is 1. The summed E-state index contributed by atoms with van der Waals surface area (Å²) >= 11 is 3.39. The lowest BCUT2D eigenvalue weighted by Gasteiger charge is -2.27. The molecule has 0 aromatic rings. The summed E-state index contributed by atoms with van der Waals surface area (Å²) in [6.45, 7) is 4.13. The van der Waals surface area contributed by atoms with E-state index in [1.807, 2.05) is 0 Å². The van der Waals surface area contributed by atoms with Crippen molar-refractivity contribution in [2.45, 2.75) is 63.7 Å². The average molecular weight is 326 g/mol. The van der Waals surface area contributed by atoms with Crippen LogP contribution >= 0.6 is 15.9 Å². The number of halogens is 1. The number of rotatable bonds is 6. The summed E-state index contributed by atoms with van der Waals surface area (Å²) in [5.74, 6) is 0.339. The predicted octanol–water partition coefficient (Wildman–Crippen LogP) is 3.05. The van der Waals surface area contributed by atoms with E-state index in [2.05, 4.69) is 34.5 Å². The van der Waals surface area contributed by atoms with Crippen LogP contribution in [0.4, 0.5) is 0 Å². The number of hydrogen-bond donors (Lipinski definition) is 1. The molecule has 1 saturated carbocycles. The van der Waals surface area contributed by atoms with Gasteiger partial charge in [-0.05, 0) is 25.2 Å². The van der Waals surface area contributed by atoms with Gasteiger partial charge in [0.25, 0.3) is 0 Å². The van der Waals surface area contributed by atoms with Crippen LogP contribution in [-0.2, 0) is 10.0 Å². The third-order valence-corrected chi connectivity index (χ3v) is 5.97. The van der Waals surface area contributed by atoms with Crippen molar-refractivity contribution in [1.82, 2.24) is 4.72 Å². The molecule has 0 aromatic carbocycles. The van der Waals surface area contributed by atoms with Gasteiger partial charge in [0.15, 0.2) is 0 Å². The molecular weight excluding hydrogens is 302 g/mol. The van der Waals surface area contributed by atoms with Crippen molar-refractivity contribution in [2.24, 2.45) is 5.92 Å². The van der Waals surface area contributed by atoms with E-state index < -0.39 is 10.0 Å². The summed E-state index contributed by atoms with van der Waals surface area (Å²) in [5.41, 5.74) is 0. The minimum Gasteiger partial charge on any atom is -0.212 e. The fourth-order valence-corrected chi connectivity index (χ4v) is 4.78. The Morgan fingerprint density at radius 2 is 1.82 bits per heavy atom. The maximum atomic E-state index is 12.2. The normalized spacial score (nSPS) is 20.7. The lowest BCUT2D eigenvalue weighted by atomic mass is 10.0. The van der Waals surface area contributed by atoms with Crippen LogP contribution in [-0.4, -0.2) is 25.0 Å². The van der Waals surface area contributed by atoms with E-state index in [9.17, 15) is 8.42 Å². The monoisotopic (exact) mass is 325 g/mol. The molecule has 0 saturated heterocycles. The van der Waals surface area contributed by atoms with Crippen molar-refractivity contribution < 1.29 is 8.42 Å². The molecule has 3 nitrogen and oxygen atoms in total. The van der Waals surface area contributed by atoms with Gasteiger partial charge in [0, 0.05) is 11.4 Å². The van der Waals surface area contributed by atoms with Gasteiger partial charge in [-0.2, -0.15) is 0 Å². The molecule has 1 N–H and O–H groups in total. The van der Waals surface area contributed by atoms with Gasteiger partial charge in [0.05, 0.1) is 5.25 Å². The first kappa shape index (κ1) is 15.4. The summed E-state index contributed by atoms with van der Waals surface area (Å²) < 4.78 is 27.4. The third-order valence-electron chi connectivity index (χ3n) is 3.53. The largest absolute Gasteiger partial charge is 0.214 e. The van der Waals surface area contributed by atoms with E-state index in [0.717, 1.165) is 37.4 Å². The Balaban J connectivity index is 2.62. The van der Waals surface area contributed by atoms with E-state index >= 15 is 0 Å². The highest BCUT2D eigenvalue weighted by Gasteiger charge is 2.29. The van der Waals surface area contributed by atoms with E-state index in [4.69, 9.17) is 0 Å². The Labute approximate surface area is 114 Å². The Hall–Kier alpha value is 0.390. The van der Waals surface area contributed by atoms with Crippen molar-refractivity contribution in [3.63, 3.8) is 0 Å². The fraction of sp³-hybridized carbons (Fsp3) is 1.00. The highest BCUT2D eigenvalue weighted by Crippen LogP contribution is 2.24. The molecule has 1 rings (SSSR count). The molecule has 17 heavy (non-hydrogen) atoms. The van der Waals surface area contributed by atoms with Gasteiger partial charge in [0.1, 0.15) is 0 Å². The average Bonchev–Trinajstić information content (AvgIpc) is 2.29. The summed E-state index contributed by atoms with van der Waals surface area (Å²) in [6, 6.07) is 0.0568. The fourth-order valence-electron chi connectivity index (χ4n) is 2.33. The Morgan fingerprint density at radius 1 is 1.24 bits per heavy atom. The second-order valence-corrected chi connectivity index (χ2v) is 8.04. The molecule has 0 bridgehead atoms. The van der Waals surface area contributed by atoms with Crippen LogP contribution in [0.3, 0.4) is 0 Å². The van der Waals surface area contributed by atoms with Gasteiger partial charge >= 0.3 is 0 Å². The van der Waals surface area contributed by atoms with Gasteiger partial charge < -0.3 is 0 Å². The van der Waals surface area contributed by atoms with Crippen molar-refractivity contribution in [3.8, 4) is 0 Å². The van der Waals surface area contributed by atoms with Crippen molar-refractivity contribution >= 4 is 26.0 Å². The summed E-state index contributed by atoms with van der Waals surface area (Å²) in [6.07, 6.45) is 5.79. The molecule has 0 spiro atoms. The number of sulfonamides is 1. The molecule has 0 aliphatic heterocycles. The zero-order valence-electron chi connectivity index (χ0n) is 10.8. The molecule has 5 heteroatoms. The van der Waals surface area contributed by atoms with Gasteiger partial charge in [-0.25, -0.2) is 13.1 Å². The molecule has 1 fully saturated rings. The quantitative estimate of drug-likeness (QED) is 0.763. The Morgan fingerprint density at radius 3 is 2.29 bits per heavy atom. The maximum absolute atomic E-state index is 12.2. The molecule has 0 amide bonds. The SMILES string of the molecule is CC(C)C(CCBr)NS(=O)(=O)C1CCCCC1. The second-order valence-electron chi connectivity index (χ2n) is 5.25. The predicted molar refractivity (Wildman–Crippen MR) is 76.0 cm³/mol. The first-order valence-electron chi connectivity index (χ1n) is 6.54. The minimum absolute atomic E-state index is 0.0568. The highest BCUT2D eigenvalue weighted by atomic mass is 79.9. The van der Waals surface area contributed by atoms with Crippen LogP contribution in [0.2, 0.25) is 0 Å². The van der Waals surface area contributed by atoms with Crippen molar-refractivity contribution in [3.05, 3.63) is 0 Å². The van der Waals surface area contributed by atoms with Crippen LogP contribution in [0.1, 0.15) is 52.4 Å². The first-order valence-corrected chi connectivity index (χ1v) is 9.21. The molecule has 0 radical (unpaired) electrons. The maximum Gasteiger partial charge on any atom is 0.214 e. The van der Waals surface area contributed by atoms with Gasteiger partial charge in [-0.15, -0.1) is 0 Å². The Bertz CT molecular complexity index is 310. The molecule has 0 aromatic heterocycles. The van der Waals surface area contributed by atoms with E-state index in [0.29, 0.717) is 5.92 Å². The van der Waals surface area contributed by atoms with Crippen molar-refractivity contribution in [2.75, 3.05) is 5.33 Å². The van der Waals surface area contributed by atoms with Crippen LogP contribution in [0, 0.1) is 5.92 Å². The lowest BCUT2D eigenvalue weighted by Crippen LogP contribution is -2.44. The van der Waals surface area contributed by atoms with E-state index in [-0.39, 0.29) is 11.3 Å². The second kappa shape index (κ2) is 7.10. The third kappa shape index (κ3) is 4.87. The highest BCUT2D eigenvalue weighted by molar-refractivity contribution is 9.09. The zero-order chi connectivity index (χ0) is 12.9. The van der Waals surface area contributed by atoms with Crippen LogP contribution in [0.5, 0.6) is 0 Å². The number of hydrogen-bond acceptors (Lipinski definition) is 2. The van der Waals surface area contributed by atoms with E-state index in [1.54, 1.807) is 0 Å². The summed E-state index contributed by atoms with van der Waals surface area (Å²) in [7, 11) is -3.12. The van der Waals surface area contributed by atoms with Gasteiger partial charge in [-0.1, -0.05) is 49.0 Å². The van der Waals surface area contributed by atoms with E-state index in [1.165, 1.54) is 6.42 Å². The topological polar surface area (TPSA) is 46.2 Å². The first-order chi connectivity index (χ1) is 7.97. The Kier molecular flexibility index (Phi) is 6.45. The van der Waals surface area contributed by atoms with Crippen LogP contribution in [0.25, 0.3) is 0 Å². The molecule has 102 valence electrons. The standard InChI is InChI=1S/C12H24BrNO2S/c1-10(2)12(8-9-13)14-17(15,16)11-6-4-3-5-7-11/h10-12,14H,3-9H2,1-2H3. The van der Waals surface area contributed by atoms with Crippen LogP contribution in [0.15, 0.2) is 0 Å². The zero-order valence-corrected chi connectivity index (χ0v) is 13.2. The van der Waals surface area contributed by atoms with Crippen LogP contribution < -0.4 is 4.72 Å². The smallest absolute Gasteiger partial charge is 0.212 e. The van der Waals surface area contributed by atoms with Gasteiger partial charge in [-0.3, -0.25) is 0 Å². The lowest BCUT2D eigenvalue weighted by molar-refractivity contribution is 0.424. The number of nitrogens with one attached hydrogen (secondary N) is 1. The molecule has 1 aliphatic carbocycles. The molecule has 1 unspecified atom stereocenters. The molecule has 0 heterocycles. The van der Waals surface area contributed by atoms with Crippen molar-refractivity contribution in [1.29, 1.82) is 0 Å². The summed E-state index contributed by atoms with van der Waals surface area (Å²) in [5, 5.41) is 0.677.